The second-order valence-electron chi connectivity index (χ2n) is 3.78. The van der Waals surface area contributed by atoms with Crippen LogP contribution in [0.25, 0.3) is 0 Å². The topological polar surface area (TPSA) is 47.0 Å². The second-order valence-corrected chi connectivity index (χ2v) is 4.63. The lowest BCUT2D eigenvalue weighted by Gasteiger charge is -2.08. The van der Waals surface area contributed by atoms with Gasteiger partial charge in [-0.05, 0) is 35.0 Å². The van der Waals surface area contributed by atoms with E-state index >= 15 is 0 Å². The van der Waals surface area contributed by atoms with Gasteiger partial charge in [-0.2, -0.15) is 0 Å². The minimum Gasteiger partial charge on any atom is -0.484 e. The van der Waals surface area contributed by atoms with Crippen LogP contribution in [0.5, 0.6) is 5.75 Å². The molecule has 94 valence electrons. The maximum Gasteiger partial charge on any atom is 0.168 e. The number of para-hydroxylation sites is 1. The van der Waals surface area contributed by atoms with Crippen LogP contribution in [0.15, 0.2) is 34.8 Å². The van der Waals surface area contributed by atoms with E-state index in [1.165, 1.54) is 0 Å². The Labute approximate surface area is 115 Å². The van der Waals surface area contributed by atoms with Crippen LogP contribution in [-0.2, 0) is 6.61 Å². The fraction of sp³-hybridized carbons (Fsp3) is 0.231. The summed E-state index contributed by atoms with van der Waals surface area (Å²) in [5, 5.41) is 3.00. The van der Waals surface area contributed by atoms with Gasteiger partial charge in [0.1, 0.15) is 18.2 Å². The maximum absolute atomic E-state index is 5.68. The van der Waals surface area contributed by atoms with Crippen molar-refractivity contribution in [2.24, 2.45) is 0 Å². The molecule has 0 fully saturated rings. The molecule has 0 spiro atoms. The van der Waals surface area contributed by atoms with Crippen molar-refractivity contribution >= 4 is 21.7 Å². The zero-order valence-corrected chi connectivity index (χ0v) is 11.9. The van der Waals surface area contributed by atoms with Gasteiger partial charge in [-0.1, -0.05) is 12.1 Å². The van der Waals surface area contributed by atoms with E-state index in [9.17, 15) is 0 Å². The Bertz CT molecular complexity index is 546. The number of hydrogen-bond donors (Lipinski definition) is 1. The smallest absolute Gasteiger partial charge is 0.168 e. The molecule has 0 amide bonds. The van der Waals surface area contributed by atoms with Crippen molar-refractivity contribution in [2.75, 3.05) is 12.4 Å². The monoisotopic (exact) mass is 307 g/mol. The zero-order valence-electron chi connectivity index (χ0n) is 10.3. The first-order valence-electron chi connectivity index (χ1n) is 5.58. The van der Waals surface area contributed by atoms with Crippen molar-refractivity contribution in [1.82, 2.24) is 9.97 Å². The maximum atomic E-state index is 5.68. The third kappa shape index (κ3) is 3.20. The van der Waals surface area contributed by atoms with Crippen LogP contribution in [0.3, 0.4) is 0 Å². The standard InChI is InChI=1S/C13H14BrN3O/c1-9-7-12(15-2)17-13(16-9)8-18-11-6-4-3-5-10(11)14/h3-7H,8H2,1-2H3,(H,15,16,17). The molecule has 4 nitrogen and oxygen atoms in total. The van der Waals surface area contributed by atoms with Gasteiger partial charge in [0, 0.05) is 18.8 Å². The quantitative estimate of drug-likeness (QED) is 0.942. The molecule has 5 heteroatoms. The third-order valence-corrected chi connectivity index (χ3v) is 3.01. The SMILES string of the molecule is CNc1cc(C)nc(COc2ccccc2Br)n1. The number of rotatable bonds is 4. The Hall–Kier alpha value is -1.62. The summed E-state index contributed by atoms with van der Waals surface area (Å²) in [5.41, 5.74) is 0.917. The first-order valence-corrected chi connectivity index (χ1v) is 6.38. The van der Waals surface area contributed by atoms with Gasteiger partial charge in [-0.25, -0.2) is 9.97 Å². The molecule has 0 atom stereocenters. The molecule has 0 aliphatic rings. The number of nitrogens with one attached hydrogen (secondary N) is 1. The average Bonchev–Trinajstić information content (AvgIpc) is 2.37. The summed E-state index contributed by atoms with van der Waals surface area (Å²) in [5.74, 6) is 2.25. The first kappa shape index (κ1) is 12.8. The van der Waals surface area contributed by atoms with E-state index in [1.807, 2.05) is 44.3 Å². The van der Waals surface area contributed by atoms with Crippen molar-refractivity contribution in [2.45, 2.75) is 13.5 Å². The van der Waals surface area contributed by atoms with Crippen molar-refractivity contribution in [3.05, 3.63) is 46.3 Å². The van der Waals surface area contributed by atoms with Gasteiger partial charge >= 0.3 is 0 Å². The molecular weight excluding hydrogens is 294 g/mol. The van der Waals surface area contributed by atoms with Gasteiger partial charge in [0.25, 0.3) is 0 Å². The van der Waals surface area contributed by atoms with Crippen LogP contribution in [0.4, 0.5) is 5.82 Å². The van der Waals surface area contributed by atoms with Gasteiger partial charge in [-0.15, -0.1) is 0 Å². The van der Waals surface area contributed by atoms with E-state index in [0.717, 1.165) is 21.7 Å². The molecule has 0 saturated carbocycles. The van der Waals surface area contributed by atoms with Gasteiger partial charge in [0.2, 0.25) is 0 Å². The molecule has 0 saturated heterocycles. The van der Waals surface area contributed by atoms with Gasteiger partial charge in [-0.3, -0.25) is 0 Å². The normalized spacial score (nSPS) is 10.2. The molecule has 0 bridgehead atoms. The summed E-state index contributed by atoms with van der Waals surface area (Å²) in [6.45, 7) is 2.28. The highest BCUT2D eigenvalue weighted by atomic mass is 79.9. The lowest BCUT2D eigenvalue weighted by atomic mass is 10.3. The van der Waals surface area contributed by atoms with Crippen LogP contribution < -0.4 is 10.1 Å². The fourth-order valence-electron chi connectivity index (χ4n) is 1.53. The summed E-state index contributed by atoms with van der Waals surface area (Å²) >= 11 is 3.43. The predicted octanol–water partition coefficient (Wildman–Crippen LogP) is 3.17. The number of halogens is 1. The van der Waals surface area contributed by atoms with E-state index in [-0.39, 0.29) is 0 Å². The molecule has 1 heterocycles. The number of aromatic nitrogens is 2. The molecule has 1 aromatic heterocycles. The number of nitrogens with zero attached hydrogens (tertiary/aromatic N) is 2. The third-order valence-electron chi connectivity index (χ3n) is 2.35. The highest BCUT2D eigenvalue weighted by Gasteiger charge is 2.04. The van der Waals surface area contributed by atoms with Crippen molar-refractivity contribution in [3.63, 3.8) is 0 Å². The summed E-state index contributed by atoms with van der Waals surface area (Å²) in [6.07, 6.45) is 0. The van der Waals surface area contributed by atoms with Gasteiger partial charge in [0.05, 0.1) is 4.47 Å². The number of anilines is 1. The molecular formula is C13H14BrN3O. The number of ether oxygens (including phenoxy) is 1. The van der Waals surface area contributed by atoms with E-state index in [2.05, 4.69) is 31.2 Å². The highest BCUT2D eigenvalue weighted by Crippen LogP contribution is 2.24. The molecule has 2 rings (SSSR count). The van der Waals surface area contributed by atoms with E-state index in [4.69, 9.17) is 4.74 Å². The Morgan fingerprint density at radius 2 is 2.06 bits per heavy atom. The molecule has 0 radical (unpaired) electrons. The molecule has 0 aliphatic carbocycles. The molecule has 1 N–H and O–H groups in total. The van der Waals surface area contributed by atoms with Crippen molar-refractivity contribution in [3.8, 4) is 5.75 Å². The molecule has 18 heavy (non-hydrogen) atoms. The molecule has 0 aliphatic heterocycles. The van der Waals surface area contributed by atoms with Crippen LogP contribution >= 0.6 is 15.9 Å². The summed E-state index contributed by atoms with van der Waals surface area (Å²) < 4.78 is 6.60. The Balaban J connectivity index is 2.11. The Morgan fingerprint density at radius 3 is 2.78 bits per heavy atom. The molecule has 2 aromatic rings. The number of benzene rings is 1. The van der Waals surface area contributed by atoms with E-state index < -0.39 is 0 Å². The van der Waals surface area contributed by atoms with Crippen LogP contribution in [0.1, 0.15) is 11.5 Å². The fourth-order valence-corrected chi connectivity index (χ4v) is 1.93. The number of aryl methyl sites for hydroxylation is 1. The average molecular weight is 308 g/mol. The van der Waals surface area contributed by atoms with Gasteiger partial charge in [0.15, 0.2) is 5.82 Å². The molecule has 1 aromatic carbocycles. The Kier molecular flexibility index (Phi) is 4.15. The largest absolute Gasteiger partial charge is 0.484 e. The minimum atomic E-state index is 0.346. The Morgan fingerprint density at radius 1 is 1.28 bits per heavy atom. The van der Waals surface area contributed by atoms with Crippen LogP contribution in [0.2, 0.25) is 0 Å². The predicted molar refractivity (Wildman–Crippen MR) is 74.8 cm³/mol. The zero-order chi connectivity index (χ0) is 13.0. The first-order chi connectivity index (χ1) is 8.69. The summed E-state index contributed by atoms with van der Waals surface area (Å²) in [4.78, 5) is 8.67. The summed E-state index contributed by atoms with van der Waals surface area (Å²) in [6, 6.07) is 9.60. The van der Waals surface area contributed by atoms with E-state index in [0.29, 0.717) is 12.4 Å². The van der Waals surface area contributed by atoms with Crippen molar-refractivity contribution in [1.29, 1.82) is 0 Å². The summed E-state index contributed by atoms with van der Waals surface area (Å²) in [7, 11) is 1.83. The molecule has 0 unspecified atom stereocenters. The minimum absolute atomic E-state index is 0.346. The van der Waals surface area contributed by atoms with Crippen molar-refractivity contribution < 1.29 is 4.74 Å². The van der Waals surface area contributed by atoms with E-state index in [1.54, 1.807) is 0 Å². The second kappa shape index (κ2) is 5.82. The highest BCUT2D eigenvalue weighted by molar-refractivity contribution is 9.10. The van der Waals surface area contributed by atoms with Crippen LogP contribution in [-0.4, -0.2) is 17.0 Å². The lowest BCUT2D eigenvalue weighted by molar-refractivity contribution is 0.294. The van der Waals surface area contributed by atoms with Gasteiger partial charge < -0.3 is 10.1 Å². The lowest BCUT2D eigenvalue weighted by Crippen LogP contribution is -2.05. The number of hydrogen-bond acceptors (Lipinski definition) is 4. The van der Waals surface area contributed by atoms with Crippen LogP contribution in [0, 0.1) is 6.92 Å².